The Morgan fingerprint density at radius 1 is 1.21 bits per heavy atom. The van der Waals surface area contributed by atoms with E-state index in [2.05, 4.69) is 15.0 Å². The van der Waals surface area contributed by atoms with Gasteiger partial charge in [-0.25, -0.2) is 9.97 Å². The van der Waals surface area contributed by atoms with Crippen molar-refractivity contribution in [3.8, 4) is 0 Å². The summed E-state index contributed by atoms with van der Waals surface area (Å²) in [6.07, 6.45) is 6.20. The van der Waals surface area contributed by atoms with Gasteiger partial charge in [0.25, 0.3) is 0 Å². The van der Waals surface area contributed by atoms with Gasteiger partial charge in [0.15, 0.2) is 11.6 Å². The van der Waals surface area contributed by atoms with Crippen molar-refractivity contribution in [1.82, 2.24) is 15.0 Å². The minimum absolute atomic E-state index is 0.00559. The quantitative estimate of drug-likeness (QED) is 0.358. The third kappa shape index (κ3) is 3.20. The number of aromatic amines is 1. The largest absolute Gasteiger partial charge is 0.355 e. The molecule has 0 saturated heterocycles. The van der Waals surface area contributed by atoms with E-state index in [1.165, 1.54) is 42.0 Å². The van der Waals surface area contributed by atoms with E-state index in [-0.39, 0.29) is 16.8 Å². The number of rotatable bonds is 5. The molecule has 0 spiro atoms. The first kappa shape index (κ1) is 19.3. The van der Waals surface area contributed by atoms with Gasteiger partial charge in [0.2, 0.25) is 0 Å². The third-order valence-electron chi connectivity index (χ3n) is 5.41. The summed E-state index contributed by atoms with van der Waals surface area (Å²) >= 11 is 3.25. The summed E-state index contributed by atoms with van der Waals surface area (Å²) in [5.41, 5.74) is 4.02. The molecule has 7 heteroatoms. The van der Waals surface area contributed by atoms with E-state index >= 15 is 0 Å². The van der Waals surface area contributed by atoms with Gasteiger partial charge in [-0.05, 0) is 64.5 Å². The van der Waals surface area contributed by atoms with Crippen LogP contribution in [0.2, 0.25) is 0 Å². The van der Waals surface area contributed by atoms with Crippen molar-refractivity contribution in [3.05, 3.63) is 39.3 Å². The van der Waals surface area contributed by atoms with Gasteiger partial charge in [0.05, 0.1) is 10.9 Å². The molecule has 28 heavy (non-hydrogen) atoms. The van der Waals surface area contributed by atoms with Gasteiger partial charge in [-0.3, -0.25) is 9.59 Å². The average molecular weight is 414 g/mol. The fourth-order valence-electron chi connectivity index (χ4n) is 4.10. The van der Waals surface area contributed by atoms with E-state index in [0.717, 1.165) is 39.3 Å². The molecule has 3 aromatic heterocycles. The summed E-state index contributed by atoms with van der Waals surface area (Å²) in [6.45, 7) is 7.11. The smallest absolute Gasteiger partial charge is 0.192 e. The molecule has 0 unspecified atom stereocenters. The molecule has 1 aliphatic rings. The molecule has 0 fully saturated rings. The molecule has 5 nitrogen and oxygen atoms in total. The summed E-state index contributed by atoms with van der Waals surface area (Å²) in [6, 6.07) is 0. The van der Waals surface area contributed by atoms with Gasteiger partial charge in [-0.15, -0.1) is 11.3 Å². The first-order chi connectivity index (χ1) is 13.4. The Balaban J connectivity index is 1.67. The highest BCUT2D eigenvalue weighted by atomic mass is 32.2. The van der Waals surface area contributed by atoms with Crippen LogP contribution in [0.15, 0.2) is 11.4 Å². The lowest BCUT2D eigenvalue weighted by Crippen LogP contribution is -2.15. The highest BCUT2D eigenvalue weighted by Crippen LogP contribution is 2.40. The maximum atomic E-state index is 13.1. The summed E-state index contributed by atoms with van der Waals surface area (Å²) < 4.78 is 0. The van der Waals surface area contributed by atoms with Crippen LogP contribution in [0, 0.1) is 13.8 Å². The van der Waals surface area contributed by atoms with Gasteiger partial charge < -0.3 is 4.98 Å². The highest BCUT2D eigenvalue weighted by molar-refractivity contribution is 8.00. The van der Waals surface area contributed by atoms with Crippen molar-refractivity contribution >= 4 is 44.9 Å². The Morgan fingerprint density at radius 2 is 1.96 bits per heavy atom. The lowest BCUT2D eigenvalue weighted by atomic mass is 9.97. The number of ketones is 2. The second-order valence-electron chi connectivity index (χ2n) is 7.38. The van der Waals surface area contributed by atoms with Crippen LogP contribution in [-0.4, -0.2) is 31.8 Å². The molecule has 1 aliphatic carbocycles. The predicted octanol–water partition coefficient (Wildman–Crippen LogP) is 5.08. The number of hydrogen-bond donors (Lipinski definition) is 1. The summed E-state index contributed by atoms with van der Waals surface area (Å²) in [5.74, 6) is -0.0259. The standard InChI is InChI=1S/C21H23N3O2S2/c1-10-16(12(3)25)11(2)24-18(10)19(26)13(4)27-20-17-14-7-5-6-8-15(14)28-21(17)23-9-22-20/h9,13,24H,5-8H2,1-4H3/t13-/m0/s1. The second kappa shape index (κ2) is 7.44. The van der Waals surface area contributed by atoms with Crippen LogP contribution in [0.1, 0.15) is 69.2 Å². The first-order valence-electron chi connectivity index (χ1n) is 9.54. The Hall–Kier alpha value is -1.99. The molecule has 3 heterocycles. The number of carbonyl (C=O) groups is 2. The van der Waals surface area contributed by atoms with Crippen LogP contribution in [0.25, 0.3) is 10.2 Å². The second-order valence-corrected chi connectivity index (χ2v) is 9.79. The summed E-state index contributed by atoms with van der Waals surface area (Å²) in [4.78, 5) is 39.6. The highest BCUT2D eigenvalue weighted by Gasteiger charge is 2.26. The van der Waals surface area contributed by atoms with Crippen molar-refractivity contribution in [2.24, 2.45) is 0 Å². The Labute approximate surface area is 172 Å². The molecule has 3 aromatic rings. The number of thiophene rings is 1. The summed E-state index contributed by atoms with van der Waals surface area (Å²) in [5, 5.41) is 1.71. The zero-order valence-corrected chi connectivity index (χ0v) is 18.1. The number of aromatic nitrogens is 3. The van der Waals surface area contributed by atoms with Crippen molar-refractivity contribution in [2.75, 3.05) is 0 Å². The number of aryl methyl sites for hydroxylation is 3. The van der Waals surface area contributed by atoms with Crippen molar-refractivity contribution in [2.45, 2.75) is 63.7 Å². The van der Waals surface area contributed by atoms with Crippen molar-refractivity contribution in [3.63, 3.8) is 0 Å². The number of nitrogens with one attached hydrogen (secondary N) is 1. The lowest BCUT2D eigenvalue weighted by Gasteiger charge is -2.13. The number of H-pyrrole nitrogens is 1. The van der Waals surface area contributed by atoms with Crippen LogP contribution in [0.3, 0.4) is 0 Å². The molecule has 0 amide bonds. The molecule has 146 valence electrons. The van der Waals surface area contributed by atoms with Crippen molar-refractivity contribution in [1.29, 1.82) is 0 Å². The van der Waals surface area contributed by atoms with Gasteiger partial charge in [-0.1, -0.05) is 11.8 Å². The molecule has 1 N–H and O–H groups in total. The van der Waals surface area contributed by atoms with Gasteiger partial charge in [-0.2, -0.15) is 0 Å². The van der Waals surface area contributed by atoms with E-state index < -0.39 is 0 Å². The van der Waals surface area contributed by atoms with E-state index in [0.29, 0.717) is 11.3 Å². The number of carbonyl (C=O) groups excluding carboxylic acids is 2. The third-order valence-corrected chi connectivity index (χ3v) is 7.71. The van der Waals surface area contributed by atoms with E-state index in [1.807, 2.05) is 20.8 Å². The topological polar surface area (TPSA) is 75.7 Å². The van der Waals surface area contributed by atoms with Gasteiger partial charge in [0, 0.05) is 21.5 Å². The maximum Gasteiger partial charge on any atom is 0.192 e. The fraction of sp³-hybridized carbons (Fsp3) is 0.429. The van der Waals surface area contributed by atoms with E-state index in [9.17, 15) is 9.59 Å². The predicted molar refractivity (Wildman–Crippen MR) is 114 cm³/mol. The van der Waals surface area contributed by atoms with E-state index in [4.69, 9.17) is 0 Å². The molecule has 0 radical (unpaired) electrons. The fourth-order valence-corrected chi connectivity index (χ4v) is 6.40. The van der Waals surface area contributed by atoms with Crippen LogP contribution >= 0.6 is 23.1 Å². The monoisotopic (exact) mass is 413 g/mol. The average Bonchev–Trinajstić information content (AvgIpc) is 3.18. The Bertz CT molecular complexity index is 1100. The number of Topliss-reactive ketones (excluding diaryl/α,β-unsaturated/α-hetero) is 2. The van der Waals surface area contributed by atoms with Crippen LogP contribution < -0.4 is 0 Å². The van der Waals surface area contributed by atoms with Crippen LogP contribution in [0.5, 0.6) is 0 Å². The van der Waals surface area contributed by atoms with Crippen LogP contribution in [0.4, 0.5) is 0 Å². The maximum absolute atomic E-state index is 13.1. The zero-order chi connectivity index (χ0) is 20.0. The SMILES string of the molecule is CC(=O)c1c(C)[nH]c(C(=O)[C@H](C)Sc2ncnc3sc4c(c23)CCCC4)c1C. The Kier molecular flexibility index (Phi) is 5.14. The lowest BCUT2D eigenvalue weighted by molar-refractivity contribution is 0.0988. The Morgan fingerprint density at radius 3 is 2.68 bits per heavy atom. The van der Waals surface area contributed by atoms with Crippen LogP contribution in [-0.2, 0) is 12.8 Å². The number of hydrogen-bond acceptors (Lipinski definition) is 6. The van der Waals surface area contributed by atoms with Gasteiger partial charge >= 0.3 is 0 Å². The number of nitrogens with zero attached hydrogens (tertiary/aromatic N) is 2. The molecule has 0 aromatic carbocycles. The molecular weight excluding hydrogens is 390 g/mol. The molecule has 0 aliphatic heterocycles. The normalized spacial score (nSPS) is 14.9. The zero-order valence-electron chi connectivity index (χ0n) is 16.5. The minimum atomic E-state index is -0.311. The minimum Gasteiger partial charge on any atom is -0.355 e. The summed E-state index contributed by atoms with van der Waals surface area (Å²) in [7, 11) is 0. The molecule has 0 saturated carbocycles. The first-order valence-corrected chi connectivity index (χ1v) is 11.2. The van der Waals surface area contributed by atoms with E-state index in [1.54, 1.807) is 17.7 Å². The van der Waals surface area contributed by atoms with Gasteiger partial charge in [0.1, 0.15) is 16.2 Å². The molecular formula is C21H23N3O2S2. The molecule has 1 atom stereocenters. The molecule has 4 rings (SSSR count). The number of thioether (sulfide) groups is 1. The molecule has 0 bridgehead atoms. The van der Waals surface area contributed by atoms with Crippen molar-refractivity contribution < 1.29 is 9.59 Å². The number of fused-ring (bicyclic) bond motifs is 3.